The van der Waals surface area contributed by atoms with Crippen LogP contribution in [0.3, 0.4) is 0 Å². The van der Waals surface area contributed by atoms with E-state index in [0.29, 0.717) is 11.3 Å². The first-order valence-electron chi connectivity index (χ1n) is 8.48. The number of nitrogens with one attached hydrogen (secondary N) is 1. The van der Waals surface area contributed by atoms with Gasteiger partial charge in [-0.05, 0) is 56.2 Å². The molecule has 0 amide bonds. The van der Waals surface area contributed by atoms with Crippen molar-refractivity contribution < 1.29 is 0 Å². The maximum atomic E-state index is 12.5. The molecule has 0 aliphatic rings. The Morgan fingerprint density at radius 2 is 1.74 bits per heavy atom. The van der Waals surface area contributed by atoms with Crippen molar-refractivity contribution in [3.63, 3.8) is 0 Å². The van der Waals surface area contributed by atoms with Gasteiger partial charge in [0, 0.05) is 23.8 Å². The van der Waals surface area contributed by atoms with Crippen molar-refractivity contribution in [2.45, 2.75) is 30.7 Å². The van der Waals surface area contributed by atoms with Gasteiger partial charge >= 0.3 is 0 Å². The van der Waals surface area contributed by atoms with E-state index in [9.17, 15) is 4.79 Å². The van der Waals surface area contributed by atoms with Gasteiger partial charge in [-0.25, -0.2) is 4.98 Å². The summed E-state index contributed by atoms with van der Waals surface area (Å²) in [5, 5.41) is 12.7. The van der Waals surface area contributed by atoms with Gasteiger partial charge in [0.05, 0.1) is 11.6 Å². The molecule has 6 heteroatoms. The highest BCUT2D eigenvalue weighted by molar-refractivity contribution is 7.99. The van der Waals surface area contributed by atoms with Gasteiger partial charge in [-0.2, -0.15) is 5.26 Å². The van der Waals surface area contributed by atoms with Gasteiger partial charge in [0.25, 0.3) is 5.56 Å². The highest BCUT2D eigenvalue weighted by Gasteiger charge is 2.11. The molecule has 136 valence electrons. The Balaban J connectivity index is 1.94. The molecule has 5 nitrogen and oxygen atoms in total. The molecule has 0 aliphatic heterocycles. The molecular formula is C21H20N4OS. The summed E-state index contributed by atoms with van der Waals surface area (Å²) >= 11 is 1.55. The standard InChI is InChI=1S/C21H20N4OS/c1-13-9-14(2)19(15(3)10-13)27-18-12-25(4)21(26)20(24-18)23-17-7-5-16(11-22)6-8-17/h5-10,12H,1-4H3,(H,23,24). The van der Waals surface area contributed by atoms with Crippen molar-refractivity contribution in [1.29, 1.82) is 5.26 Å². The smallest absolute Gasteiger partial charge is 0.293 e. The fourth-order valence-corrected chi connectivity index (χ4v) is 3.90. The monoisotopic (exact) mass is 376 g/mol. The summed E-state index contributed by atoms with van der Waals surface area (Å²) in [6.45, 7) is 6.25. The Labute approximate surface area is 162 Å². The third-order valence-electron chi connectivity index (χ3n) is 4.14. The molecule has 3 aromatic rings. The van der Waals surface area contributed by atoms with E-state index >= 15 is 0 Å². The molecule has 0 saturated heterocycles. The second-order valence-corrected chi connectivity index (χ2v) is 7.52. The minimum absolute atomic E-state index is 0.207. The number of hydrogen-bond acceptors (Lipinski definition) is 5. The first-order valence-corrected chi connectivity index (χ1v) is 9.29. The predicted molar refractivity (Wildman–Crippen MR) is 109 cm³/mol. The number of hydrogen-bond donors (Lipinski definition) is 1. The second kappa shape index (κ2) is 7.68. The van der Waals surface area contributed by atoms with Crippen LogP contribution in [-0.4, -0.2) is 9.55 Å². The molecular weight excluding hydrogens is 356 g/mol. The van der Waals surface area contributed by atoms with Crippen LogP contribution in [0.2, 0.25) is 0 Å². The van der Waals surface area contributed by atoms with E-state index in [1.54, 1.807) is 49.3 Å². The van der Waals surface area contributed by atoms with Gasteiger partial charge in [0.2, 0.25) is 0 Å². The minimum Gasteiger partial charge on any atom is -0.336 e. The van der Waals surface area contributed by atoms with E-state index in [1.807, 2.05) is 0 Å². The highest BCUT2D eigenvalue weighted by atomic mass is 32.2. The van der Waals surface area contributed by atoms with Crippen molar-refractivity contribution in [1.82, 2.24) is 9.55 Å². The molecule has 0 unspecified atom stereocenters. The third kappa shape index (κ3) is 4.21. The molecule has 0 bridgehead atoms. The third-order valence-corrected chi connectivity index (χ3v) is 5.39. The number of rotatable bonds is 4. The van der Waals surface area contributed by atoms with Gasteiger partial charge in [0.15, 0.2) is 5.82 Å². The lowest BCUT2D eigenvalue weighted by molar-refractivity contribution is 0.810. The maximum absolute atomic E-state index is 12.5. The van der Waals surface area contributed by atoms with Crippen molar-refractivity contribution in [2.75, 3.05) is 5.32 Å². The fraction of sp³-hybridized carbons (Fsp3) is 0.190. The molecule has 0 radical (unpaired) electrons. The number of aromatic nitrogens is 2. The SMILES string of the molecule is Cc1cc(C)c(Sc2cn(C)c(=O)c(Nc3ccc(C#N)cc3)n2)c(C)c1. The first-order chi connectivity index (χ1) is 12.9. The largest absolute Gasteiger partial charge is 0.336 e. The van der Waals surface area contributed by atoms with Crippen molar-refractivity contribution in [2.24, 2.45) is 7.05 Å². The van der Waals surface area contributed by atoms with Crippen LogP contribution >= 0.6 is 11.8 Å². The second-order valence-electron chi connectivity index (χ2n) is 6.49. The van der Waals surface area contributed by atoms with Crippen molar-refractivity contribution >= 4 is 23.3 Å². The normalized spacial score (nSPS) is 10.5. The fourth-order valence-electron chi connectivity index (χ4n) is 2.91. The molecule has 0 aliphatic carbocycles. The van der Waals surface area contributed by atoms with E-state index in [0.717, 1.165) is 9.92 Å². The molecule has 0 atom stereocenters. The number of aryl methyl sites for hydroxylation is 4. The molecule has 2 aromatic carbocycles. The summed E-state index contributed by atoms with van der Waals surface area (Å²) in [7, 11) is 1.72. The average Bonchev–Trinajstić information content (AvgIpc) is 2.63. The summed E-state index contributed by atoms with van der Waals surface area (Å²) in [5.41, 5.74) is 4.68. The zero-order valence-corrected chi connectivity index (χ0v) is 16.5. The zero-order chi connectivity index (χ0) is 19.6. The zero-order valence-electron chi connectivity index (χ0n) is 15.7. The van der Waals surface area contributed by atoms with Crippen LogP contribution in [-0.2, 0) is 7.05 Å². The lowest BCUT2D eigenvalue weighted by atomic mass is 10.1. The van der Waals surface area contributed by atoms with Crippen LogP contribution in [0, 0.1) is 32.1 Å². The van der Waals surface area contributed by atoms with Crippen LogP contribution in [0.5, 0.6) is 0 Å². The van der Waals surface area contributed by atoms with Gasteiger partial charge in [-0.15, -0.1) is 0 Å². The summed E-state index contributed by atoms with van der Waals surface area (Å²) in [4.78, 5) is 18.1. The molecule has 0 spiro atoms. The van der Waals surface area contributed by atoms with Gasteiger partial charge < -0.3 is 9.88 Å². The number of anilines is 2. The molecule has 0 fully saturated rings. The van der Waals surface area contributed by atoms with Crippen LogP contribution in [0.1, 0.15) is 22.3 Å². The predicted octanol–water partition coefficient (Wildman–Crippen LogP) is 4.47. The molecule has 1 aromatic heterocycles. The van der Waals surface area contributed by atoms with E-state index < -0.39 is 0 Å². The first kappa shape index (κ1) is 18.7. The maximum Gasteiger partial charge on any atom is 0.293 e. The van der Waals surface area contributed by atoms with Gasteiger partial charge in [-0.1, -0.05) is 29.5 Å². The summed E-state index contributed by atoms with van der Waals surface area (Å²) in [6, 6.07) is 13.3. The molecule has 0 saturated carbocycles. The van der Waals surface area contributed by atoms with E-state index in [2.05, 4.69) is 49.3 Å². The van der Waals surface area contributed by atoms with E-state index in [4.69, 9.17) is 5.26 Å². The lowest BCUT2D eigenvalue weighted by Gasteiger charge is -2.13. The van der Waals surface area contributed by atoms with Crippen LogP contribution in [0.4, 0.5) is 11.5 Å². The molecule has 1 N–H and O–H groups in total. The summed E-state index contributed by atoms with van der Waals surface area (Å²) in [5.74, 6) is 0.259. The van der Waals surface area contributed by atoms with Crippen LogP contribution in [0.15, 0.2) is 57.3 Å². The van der Waals surface area contributed by atoms with Crippen molar-refractivity contribution in [3.8, 4) is 6.07 Å². The molecule has 27 heavy (non-hydrogen) atoms. The number of nitriles is 1. The van der Waals surface area contributed by atoms with E-state index in [1.165, 1.54) is 21.3 Å². The molecule has 1 heterocycles. The average molecular weight is 376 g/mol. The Morgan fingerprint density at radius 1 is 1.11 bits per heavy atom. The van der Waals surface area contributed by atoms with E-state index in [-0.39, 0.29) is 11.4 Å². The number of nitrogens with zero attached hydrogens (tertiary/aromatic N) is 3. The summed E-state index contributed by atoms with van der Waals surface area (Å²) < 4.78 is 1.53. The Bertz CT molecular complexity index is 1070. The van der Waals surface area contributed by atoms with Gasteiger partial charge in [0.1, 0.15) is 5.03 Å². The van der Waals surface area contributed by atoms with Crippen LogP contribution in [0.25, 0.3) is 0 Å². The highest BCUT2D eigenvalue weighted by Crippen LogP contribution is 2.32. The van der Waals surface area contributed by atoms with Crippen molar-refractivity contribution in [3.05, 3.63) is 75.2 Å². The minimum atomic E-state index is -0.207. The number of benzene rings is 2. The Morgan fingerprint density at radius 3 is 2.33 bits per heavy atom. The Hall–Kier alpha value is -3.04. The Kier molecular flexibility index (Phi) is 5.33. The van der Waals surface area contributed by atoms with Crippen LogP contribution < -0.4 is 10.9 Å². The molecule has 3 rings (SSSR count). The summed E-state index contributed by atoms with van der Waals surface area (Å²) in [6.07, 6.45) is 1.75. The quantitative estimate of drug-likeness (QED) is 0.727. The topological polar surface area (TPSA) is 70.7 Å². The van der Waals surface area contributed by atoms with Gasteiger partial charge in [-0.3, -0.25) is 4.79 Å². The lowest BCUT2D eigenvalue weighted by Crippen LogP contribution is -2.21.